The highest BCUT2D eigenvalue weighted by atomic mass is 16.3. The maximum absolute atomic E-state index is 6.62. The molecule has 0 aliphatic heterocycles. The van der Waals surface area contributed by atoms with Gasteiger partial charge in [0.25, 0.3) is 0 Å². The molecule has 2 aliphatic rings. The third-order valence-electron chi connectivity index (χ3n) is 14.0. The summed E-state index contributed by atoms with van der Waals surface area (Å²) in [5.41, 5.74) is 20.2. The summed E-state index contributed by atoms with van der Waals surface area (Å²) in [6, 6.07) is 83.7. The number of aromatic nitrogens is 2. The molecule has 10 aromatic carbocycles. The molecule has 12 aromatic rings. The van der Waals surface area contributed by atoms with E-state index in [0.29, 0.717) is 0 Å². The lowest BCUT2D eigenvalue weighted by Crippen LogP contribution is -2.31. The normalized spacial score (nSPS) is 13.0. The fraction of sp³-hybridized carbons (Fsp3) is 0.0161. The second kappa shape index (κ2) is 13.7. The maximum Gasteiger partial charge on any atom is 0.145 e. The van der Waals surface area contributed by atoms with Crippen molar-refractivity contribution >= 4 is 32.7 Å². The minimum Gasteiger partial charge on any atom is -0.456 e. The average Bonchev–Trinajstić information content (AvgIpc) is 4.05. The van der Waals surface area contributed by atoms with Gasteiger partial charge < -0.3 is 4.42 Å². The van der Waals surface area contributed by atoms with Gasteiger partial charge >= 0.3 is 0 Å². The van der Waals surface area contributed by atoms with Crippen LogP contribution in [0.3, 0.4) is 0 Å². The van der Waals surface area contributed by atoms with Crippen LogP contribution in [0.5, 0.6) is 0 Å². The first-order valence-corrected chi connectivity index (χ1v) is 22.4. The van der Waals surface area contributed by atoms with Gasteiger partial charge in [0, 0.05) is 33.2 Å². The van der Waals surface area contributed by atoms with E-state index < -0.39 is 5.41 Å². The number of nitrogens with zero attached hydrogens (tertiary/aromatic N) is 2. The Bertz CT molecular complexity index is 3820. The molecule has 0 fully saturated rings. The Morgan fingerprint density at radius 1 is 0.354 bits per heavy atom. The molecule has 0 unspecified atom stereocenters. The van der Waals surface area contributed by atoms with Crippen LogP contribution in [0.2, 0.25) is 0 Å². The van der Waals surface area contributed by atoms with Gasteiger partial charge in [-0.15, -0.1) is 0 Å². The largest absolute Gasteiger partial charge is 0.456 e. The van der Waals surface area contributed by atoms with E-state index in [9.17, 15) is 0 Å². The lowest BCUT2D eigenvalue weighted by molar-refractivity contribution is 0.668. The van der Waals surface area contributed by atoms with Crippen molar-refractivity contribution in [3.05, 3.63) is 253 Å². The van der Waals surface area contributed by atoms with E-state index in [0.717, 1.165) is 67.1 Å². The Kier molecular flexibility index (Phi) is 7.61. The molecule has 2 heterocycles. The quantitative estimate of drug-likeness (QED) is 0.173. The zero-order valence-electron chi connectivity index (χ0n) is 35.2. The molecule has 0 saturated carbocycles. The third kappa shape index (κ3) is 5.04. The second-order valence-corrected chi connectivity index (χ2v) is 17.3. The highest BCUT2D eigenvalue weighted by molar-refractivity contribution is 6.14. The van der Waals surface area contributed by atoms with E-state index in [4.69, 9.17) is 9.40 Å². The van der Waals surface area contributed by atoms with Crippen molar-refractivity contribution in [2.75, 3.05) is 0 Å². The van der Waals surface area contributed by atoms with Gasteiger partial charge in [-0.05, 0) is 96.7 Å². The highest BCUT2D eigenvalue weighted by Gasteiger charge is 2.50. The summed E-state index contributed by atoms with van der Waals surface area (Å²) in [5.74, 6) is 0.895. The van der Waals surface area contributed by atoms with Gasteiger partial charge in [-0.3, -0.25) is 4.57 Å². The summed E-state index contributed by atoms with van der Waals surface area (Å²) in [4.78, 5) is 5.49. The number of hydrogen-bond donors (Lipinski definition) is 0. The number of rotatable bonds is 5. The smallest absolute Gasteiger partial charge is 0.145 e. The topological polar surface area (TPSA) is 31.0 Å². The van der Waals surface area contributed by atoms with Gasteiger partial charge in [-0.2, -0.15) is 0 Å². The van der Waals surface area contributed by atoms with Crippen molar-refractivity contribution < 1.29 is 4.42 Å². The minimum absolute atomic E-state index is 0.536. The first kappa shape index (κ1) is 36.0. The molecule has 2 aromatic heterocycles. The van der Waals surface area contributed by atoms with Crippen molar-refractivity contribution in [1.29, 1.82) is 0 Å². The molecule has 0 saturated heterocycles. The Morgan fingerprint density at radius 3 is 1.68 bits per heavy atom. The SMILES string of the molecule is c1ccc(-c2nc(-c3ccc(-c4ccc5c6c(cccc46)C4(c6ccccc6-c6ccccc64)c4cc6c(cc4-5)oc4ccccc46)cc3)n(-c3ccccc3)c2-c2ccccc2)cc1. The van der Waals surface area contributed by atoms with Gasteiger partial charge in [-0.1, -0.05) is 200 Å². The monoisotopic (exact) mass is 826 g/mol. The molecule has 302 valence electrons. The molecule has 1 spiro atoms. The predicted molar refractivity (Wildman–Crippen MR) is 266 cm³/mol. The van der Waals surface area contributed by atoms with Crippen LogP contribution in [-0.2, 0) is 5.41 Å². The maximum atomic E-state index is 6.62. The van der Waals surface area contributed by atoms with Gasteiger partial charge in [-0.25, -0.2) is 4.98 Å². The van der Waals surface area contributed by atoms with Crippen LogP contribution in [0.25, 0.3) is 106 Å². The number of imidazole rings is 1. The van der Waals surface area contributed by atoms with Gasteiger partial charge in [0.1, 0.15) is 17.0 Å². The Labute approximate surface area is 376 Å². The average molecular weight is 827 g/mol. The zero-order chi connectivity index (χ0) is 42.6. The van der Waals surface area contributed by atoms with Gasteiger partial charge in [0.2, 0.25) is 0 Å². The molecular weight excluding hydrogens is 789 g/mol. The van der Waals surface area contributed by atoms with E-state index in [1.165, 1.54) is 60.8 Å². The summed E-state index contributed by atoms with van der Waals surface area (Å²) in [6.07, 6.45) is 0. The molecule has 14 rings (SSSR count). The highest BCUT2D eigenvalue weighted by Crippen LogP contribution is 2.63. The molecule has 0 bridgehead atoms. The number of furan rings is 1. The lowest BCUT2D eigenvalue weighted by atomic mass is 9.61. The second-order valence-electron chi connectivity index (χ2n) is 17.3. The van der Waals surface area contributed by atoms with E-state index in [-0.39, 0.29) is 0 Å². The molecule has 0 amide bonds. The van der Waals surface area contributed by atoms with Crippen molar-refractivity contribution in [2.45, 2.75) is 5.41 Å². The van der Waals surface area contributed by atoms with Crippen molar-refractivity contribution in [2.24, 2.45) is 0 Å². The number of benzene rings is 10. The summed E-state index contributed by atoms with van der Waals surface area (Å²) in [5, 5.41) is 4.80. The summed E-state index contributed by atoms with van der Waals surface area (Å²) in [7, 11) is 0. The molecular formula is C62H38N2O. The van der Waals surface area contributed by atoms with E-state index in [2.05, 4.69) is 235 Å². The summed E-state index contributed by atoms with van der Waals surface area (Å²) < 4.78 is 8.94. The number of fused-ring (bicyclic) bond motifs is 12. The minimum atomic E-state index is -0.536. The van der Waals surface area contributed by atoms with E-state index >= 15 is 0 Å². The molecule has 3 nitrogen and oxygen atoms in total. The van der Waals surface area contributed by atoms with Crippen molar-refractivity contribution in [3.63, 3.8) is 0 Å². The van der Waals surface area contributed by atoms with E-state index in [1.807, 2.05) is 0 Å². The van der Waals surface area contributed by atoms with Crippen LogP contribution < -0.4 is 0 Å². The molecule has 0 atom stereocenters. The Hall–Kier alpha value is -8.53. The van der Waals surface area contributed by atoms with Crippen LogP contribution in [0.4, 0.5) is 0 Å². The van der Waals surface area contributed by atoms with Crippen molar-refractivity contribution in [1.82, 2.24) is 9.55 Å². The van der Waals surface area contributed by atoms with Crippen LogP contribution in [0.1, 0.15) is 22.3 Å². The Balaban J connectivity index is 0.997. The lowest BCUT2D eigenvalue weighted by Gasteiger charge is -2.40. The van der Waals surface area contributed by atoms with Crippen molar-refractivity contribution in [3.8, 4) is 73.0 Å². The zero-order valence-corrected chi connectivity index (χ0v) is 35.2. The summed E-state index contributed by atoms with van der Waals surface area (Å²) >= 11 is 0. The molecule has 0 N–H and O–H groups in total. The van der Waals surface area contributed by atoms with Gasteiger partial charge in [0.15, 0.2) is 0 Å². The molecule has 0 radical (unpaired) electrons. The van der Waals surface area contributed by atoms with Gasteiger partial charge in [0.05, 0.1) is 16.8 Å². The third-order valence-corrected chi connectivity index (χ3v) is 14.0. The fourth-order valence-electron chi connectivity index (χ4n) is 11.4. The first-order chi connectivity index (χ1) is 32.3. The van der Waals surface area contributed by atoms with E-state index in [1.54, 1.807) is 0 Å². The van der Waals surface area contributed by atoms with Crippen LogP contribution >= 0.6 is 0 Å². The number of hydrogen-bond acceptors (Lipinski definition) is 2. The molecule has 65 heavy (non-hydrogen) atoms. The Morgan fingerprint density at radius 2 is 0.938 bits per heavy atom. The standard InChI is InChI=1S/C62H38N2O/c1-4-17-40(18-5-1)59-60(41-19-6-2-7-20-41)64(43-21-8-3-9-22-43)61(63-59)42-33-31-39(32-34-42)44-35-36-49-50-38-57-51(47-25-12-15-30-56(47)65-57)37-55(50)62(54-29-16-26-48(44)58(49)54)52-27-13-10-23-45(52)46-24-11-14-28-53(46)62/h1-38H. The summed E-state index contributed by atoms with van der Waals surface area (Å²) in [6.45, 7) is 0. The predicted octanol–water partition coefficient (Wildman–Crippen LogP) is 15.9. The number of para-hydroxylation sites is 2. The molecule has 2 aliphatic carbocycles. The van der Waals surface area contributed by atoms with Crippen LogP contribution in [0, 0.1) is 0 Å². The van der Waals surface area contributed by atoms with Crippen LogP contribution in [0.15, 0.2) is 235 Å². The van der Waals surface area contributed by atoms with Crippen LogP contribution in [-0.4, -0.2) is 9.55 Å². The fourth-order valence-corrected chi connectivity index (χ4v) is 11.4. The molecule has 3 heteroatoms. The first-order valence-electron chi connectivity index (χ1n) is 22.4.